The number of benzene rings is 2. The quantitative estimate of drug-likeness (QED) is 0.915. The van der Waals surface area contributed by atoms with Crippen molar-refractivity contribution in [3.05, 3.63) is 64.6 Å². The van der Waals surface area contributed by atoms with E-state index in [0.29, 0.717) is 5.56 Å². The molecule has 2 rings (SSSR count). The molecule has 0 aliphatic carbocycles. The van der Waals surface area contributed by atoms with Crippen LogP contribution >= 0.6 is 15.9 Å². The van der Waals surface area contributed by atoms with E-state index in [1.54, 1.807) is 36.4 Å². The van der Waals surface area contributed by atoms with Gasteiger partial charge in [-0.3, -0.25) is 0 Å². The van der Waals surface area contributed by atoms with Gasteiger partial charge in [0.15, 0.2) is 9.84 Å². The molecule has 0 bridgehead atoms. The Morgan fingerprint density at radius 1 is 1.00 bits per heavy atom. The molecule has 0 spiro atoms. The van der Waals surface area contributed by atoms with Crippen LogP contribution in [-0.2, 0) is 9.84 Å². The maximum atomic E-state index is 12.5. The van der Waals surface area contributed by atoms with Crippen molar-refractivity contribution in [2.24, 2.45) is 0 Å². The Kier molecular flexibility index (Phi) is 4.62. The van der Waals surface area contributed by atoms with E-state index in [-0.39, 0.29) is 4.90 Å². The zero-order valence-electron chi connectivity index (χ0n) is 10.9. The Bertz CT molecular complexity index is 666. The Labute approximate surface area is 127 Å². The highest BCUT2D eigenvalue weighted by Crippen LogP contribution is 2.27. The molecule has 0 aromatic heterocycles. The topological polar surface area (TPSA) is 54.4 Å². The highest BCUT2D eigenvalue weighted by Gasteiger charge is 2.30. The fraction of sp³-hybridized carbons (Fsp3) is 0.200. The number of hydrogen-bond acceptors (Lipinski definition) is 3. The molecule has 0 heterocycles. The smallest absolute Gasteiger partial charge is 0.183 e. The molecule has 0 fully saturated rings. The monoisotopic (exact) mass is 354 g/mol. The van der Waals surface area contributed by atoms with Gasteiger partial charge in [0.25, 0.3) is 0 Å². The lowest BCUT2D eigenvalue weighted by Crippen LogP contribution is -2.25. The van der Waals surface area contributed by atoms with Crippen molar-refractivity contribution in [3.8, 4) is 0 Å². The molecule has 0 saturated carbocycles. The van der Waals surface area contributed by atoms with Gasteiger partial charge in [-0.05, 0) is 36.8 Å². The molecule has 0 aliphatic heterocycles. The van der Waals surface area contributed by atoms with Crippen LogP contribution in [0, 0.1) is 0 Å². The minimum absolute atomic E-state index is 0.211. The molecule has 0 saturated heterocycles. The third kappa shape index (κ3) is 3.11. The second kappa shape index (κ2) is 6.08. The van der Waals surface area contributed by atoms with E-state index >= 15 is 0 Å². The minimum atomic E-state index is -3.57. The molecule has 0 amide bonds. The third-order valence-electron chi connectivity index (χ3n) is 3.22. The first-order chi connectivity index (χ1) is 9.43. The lowest BCUT2D eigenvalue weighted by Gasteiger charge is -2.19. The summed E-state index contributed by atoms with van der Waals surface area (Å²) in [7, 11) is -3.57. The molecular weight excluding hydrogens is 340 g/mol. The van der Waals surface area contributed by atoms with Crippen molar-refractivity contribution in [2.75, 3.05) is 0 Å². The Morgan fingerprint density at radius 3 is 2.10 bits per heavy atom. The Balaban J connectivity index is 2.32. The van der Waals surface area contributed by atoms with Crippen LogP contribution < -0.4 is 0 Å². The van der Waals surface area contributed by atoms with Crippen LogP contribution in [0.2, 0.25) is 0 Å². The number of rotatable bonds is 4. The van der Waals surface area contributed by atoms with Crippen LogP contribution in [0.3, 0.4) is 0 Å². The molecule has 0 radical (unpaired) electrons. The average molecular weight is 355 g/mol. The fourth-order valence-electron chi connectivity index (χ4n) is 1.93. The number of hydrogen-bond donors (Lipinski definition) is 1. The maximum absolute atomic E-state index is 12.5. The van der Waals surface area contributed by atoms with E-state index < -0.39 is 21.2 Å². The van der Waals surface area contributed by atoms with E-state index in [1.807, 2.05) is 6.07 Å². The highest BCUT2D eigenvalue weighted by molar-refractivity contribution is 9.10. The average Bonchev–Trinajstić information content (AvgIpc) is 2.47. The minimum Gasteiger partial charge on any atom is -0.387 e. The van der Waals surface area contributed by atoms with Gasteiger partial charge in [-0.2, -0.15) is 0 Å². The van der Waals surface area contributed by atoms with Crippen molar-refractivity contribution < 1.29 is 13.5 Å². The largest absolute Gasteiger partial charge is 0.387 e. The summed E-state index contributed by atoms with van der Waals surface area (Å²) < 4.78 is 25.8. The molecule has 106 valence electrons. The van der Waals surface area contributed by atoms with Gasteiger partial charge in [-0.1, -0.05) is 46.3 Å². The molecule has 3 nitrogen and oxygen atoms in total. The summed E-state index contributed by atoms with van der Waals surface area (Å²) in [6.45, 7) is 1.52. The zero-order chi connectivity index (χ0) is 14.8. The normalized spacial score (nSPS) is 14.8. The summed E-state index contributed by atoms with van der Waals surface area (Å²) in [4.78, 5) is 0.211. The number of aliphatic hydroxyl groups excluding tert-OH is 1. The fourth-order valence-corrected chi connectivity index (χ4v) is 3.64. The molecule has 1 N–H and O–H groups in total. The first-order valence-corrected chi connectivity index (χ1v) is 8.49. The van der Waals surface area contributed by atoms with Crippen LogP contribution in [0.5, 0.6) is 0 Å². The van der Waals surface area contributed by atoms with Crippen molar-refractivity contribution in [1.29, 1.82) is 0 Å². The van der Waals surface area contributed by atoms with Gasteiger partial charge in [0, 0.05) is 4.47 Å². The van der Waals surface area contributed by atoms with Gasteiger partial charge in [0.05, 0.1) is 16.2 Å². The van der Waals surface area contributed by atoms with E-state index in [0.717, 1.165) is 4.47 Å². The van der Waals surface area contributed by atoms with Gasteiger partial charge in [-0.15, -0.1) is 0 Å². The summed E-state index contributed by atoms with van der Waals surface area (Å²) in [5.74, 6) is 0. The number of halogens is 1. The third-order valence-corrected chi connectivity index (χ3v) is 5.91. The summed E-state index contributed by atoms with van der Waals surface area (Å²) in [5.41, 5.74) is 0.598. The molecule has 2 aromatic carbocycles. The van der Waals surface area contributed by atoms with Crippen molar-refractivity contribution in [2.45, 2.75) is 23.2 Å². The lowest BCUT2D eigenvalue weighted by molar-refractivity contribution is 0.176. The van der Waals surface area contributed by atoms with Crippen LogP contribution in [0.25, 0.3) is 0 Å². The molecule has 2 atom stereocenters. The number of aliphatic hydroxyl groups is 1. The SMILES string of the molecule is CC(C(O)c1ccccc1)S(=O)(=O)c1ccc(Br)cc1. The zero-order valence-corrected chi connectivity index (χ0v) is 13.3. The number of sulfone groups is 1. The van der Waals surface area contributed by atoms with Crippen LogP contribution in [0.15, 0.2) is 64.0 Å². The summed E-state index contributed by atoms with van der Waals surface area (Å²) in [5, 5.41) is 9.34. The first kappa shape index (κ1) is 15.2. The molecule has 5 heteroatoms. The van der Waals surface area contributed by atoms with E-state index in [9.17, 15) is 13.5 Å². The predicted molar refractivity (Wildman–Crippen MR) is 82.2 cm³/mol. The Hall–Kier alpha value is -1.17. The second-order valence-electron chi connectivity index (χ2n) is 4.56. The maximum Gasteiger partial charge on any atom is 0.183 e. The Morgan fingerprint density at radius 2 is 1.55 bits per heavy atom. The highest BCUT2D eigenvalue weighted by atomic mass is 79.9. The van der Waals surface area contributed by atoms with E-state index in [4.69, 9.17) is 0 Å². The van der Waals surface area contributed by atoms with Gasteiger partial charge in [0.2, 0.25) is 0 Å². The van der Waals surface area contributed by atoms with E-state index in [2.05, 4.69) is 15.9 Å². The summed E-state index contributed by atoms with van der Waals surface area (Å²) in [6, 6.07) is 15.2. The van der Waals surface area contributed by atoms with Crippen molar-refractivity contribution in [1.82, 2.24) is 0 Å². The molecule has 2 unspecified atom stereocenters. The van der Waals surface area contributed by atoms with Gasteiger partial charge in [-0.25, -0.2) is 8.42 Å². The van der Waals surface area contributed by atoms with Crippen LogP contribution in [-0.4, -0.2) is 18.8 Å². The molecular formula is C15H15BrO3S. The predicted octanol–water partition coefficient (Wildman–Crippen LogP) is 3.34. The first-order valence-electron chi connectivity index (χ1n) is 6.15. The second-order valence-corrected chi connectivity index (χ2v) is 7.78. The summed E-state index contributed by atoms with van der Waals surface area (Å²) in [6.07, 6.45) is -1.05. The molecule has 0 aliphatic rings. The lowest BCUT2D eigenvalue weighted by atomic mass is 10.1. The molecule has 2 aromatic rings. The van der Waals surface area contributed by atoms with Crippen LogP contribution in [0.1, 0.15) is 18.6 Å². The molecule has 20 heavy (non-hydrogen) atoms. The van der Waals surface area contributed by atoms with Gasteiger partial charge >= 0.3 is 0 Å². The van der Waals surface area contributed by atoms with Crippen LogP contribution in [0.4, 0.5) is 0 Å². The van der Waals surface area contributed by atoms with Gasteiger partial charge < -0.3 is 5.11 Å². The van der Waals surface area contributed by atoms with Gasteiger partial charge in [0.1, 0.15) is 0 Å². The van der Waals surface area contributed by atoms with Crippen molar-refractivity contribution >= 4 is 25.8 Å². The van der Waals surface area contributed by atoms with E-state index in [1.165, 1.54) is 19.1 Å². The van der Waals surface area contributed by atoms with Crippen molar-refractivity contribution in [3.63, 3.8) is 0 Å². The summed E-state index contributed by atoms with van der Waals surface area (Å²) >= 11 is 3.27. The standard InChI is InChI=1S/C15H15BrO3S/c1-11(15(17)12-5-3-2-4-6-12)20(18,19)14-9-7-13(16)8-10-14/h2-11,15,17H,1H3.